The summed E-state index contributed by atoms with van der Waals surface area (Å²) in [6.45, 7) is 2.25. The molecular weight excluding hydrogens is 76.3 g/mol. The topological polar surface area (TPSA) is 20.2 Å². The van der Waals surface area contributed by atoms with E-state index in [2.05, 4.69) is 0 Å². The van der Waals surface area contributed by atoms with Crippen LogP contribution < -0.4 is 0 Å². The summed E-state index contributed by atoms with van der Waals surface area (Å²) >= 11 is 0. The molecule has 0 heterocycles. The van der Waals surface area contributed by atoms with E-state index < -0.39 is 0 Å². The summed E-state index contributed by atoms with van der Waals surface area (Å²) in [7, 11) is 0. The molecule has 1 nitrogen and oxygen atoms in total. The first-order chi connectivity index (χ1) is 1.91. The molecule has 0 bridgehead atoms. The maximum absolute atomic E-state index is 7.88. The van der Waals surface area contributed by atoms with E-state index in [1.807, 2.05) is 6.92 Å². The SMILES string of the molecule is CCCO.[Mg]. The molecule has 0 aromatic heterocycles. The fraction of sp³-hybridized carbons (Fsp3) is 1.00. The Bertz CT molecular complexity index is 8.85. The number of hydrogen-bond acceptors (Lipinski definition) is 1. The monoisotopic (exact) mass is 84.0 g/mol. The lowest BCUT2D eigenvalue weighted by atomic mass is 10.5. The molecule has 0 aromatic carbocycles. The standard InChI is InChI=1S/C3H8O.Mg/c1-2-3-4;/h4H,2-3H2,1H3;. The van der Waals surface area contributed by atoms with Gasteiger partial charge >= 0.3 is 0 Å². The van der Waals surface area contributed by atoms with Crippen LogP contribution in [0.3, 0.4) is 0 Å². The van der Waals surface area contributed by atoms with Crippen LogP contribution in [0.25, 0.3) is 0 Å². The van der Waals surface area contributed by atoms with Crippen LogP contribution in [0.4, 0.5) is 0 Å². The summed E-state index contributed by atoms with van der Waals surface area (Å²) in [6, 6.07) is 0. The van der Waals surface area contributed by atoms with Crippen LogP contribution in [0.2, 0.25) is 0 Å². The van der Waals surface area contributed by atoms with Gasteiger partial charge in [-0.3, -0.25) is 0 Å². The normalized spacial score (nSPS) is 6.00. The van der Waals surface area contributed by atoms with Crippen molar-refractivity contribution in [3.05, 3.63) is 0 Å². The summed E-state index contributed by atoms with van der Waals surface area (Å²) in [6.07, 6.45) is 0.875. The van der Waals surface area contributed by atoms with Gasteiger partial charge in [0.05, 0.1) is 0 Å². The molecule has 2 radical (unpaired) electrons. The summed E-state index contributed by atoms with van der Waals surface area (Å²) in [5, 5.41) is 7.88. The Kier molecular flexibility index (Phi) is 16.3. The van der Waals surface area contributed by atoms with E-state index in [-0.39, 0.29) is 23.1 Å². The Balaban J connectivity index is 0. The molecule has 0 aromatic rings. The van der Waals surface area contributed by atoms with Gasteiger partial charge in [-0.2, -0.15) is 0 Å². The molecule has 2 heteroatoms. The molecule has 0 rings (SSSR count). The Morgan fingerprint density at radius 1 is 1.60 bits per heavy atom. The second-order valence-electron chi connectivity index (χ2n) is 0.724. The molecule has 0 amide bonds. The van der Waals surface area contributed by atoms with Gasteiger partial charge in [-0.25, -0.2) is 0 Å². The lowest BCUT2D eigenvalue weighted by Gasteiger charge is -1.69. The summed E-state index contributed by atoms with van der Waals surface area (Å²) in [5.41, 5.74) is 0. The van der Waals surface area contributed by atoms with Crippen molar-refractivity contribution < 1.29 is 5.11 Å². The van der Waals surface area contributed by atoms with Crippen LogP contribution >= 0.6 is 0 Å². The van der Waals surface area contributed by atoms with E-state index in [1.54, 1.807) is 0 Å². The third kappa shape index (κ3) is 11.8. The highest BCUT2D eigenvalue weighted by atomic mass is 24.3. The minimum Gasteiger partial charge on any atom is -0.396 e. The summed E-state index contributed by atoms with van der Waals surface area (Å²) in [5.74, 6) is 0. The lowest BCUT2D eigenvalue weighted by molar-refractivity contribution is 0.295. The van der Waals surface area contributed by atoms with E-state index >= 15 is 0 Å². The van der Waals surface area contributed by atoms with Crippen LogP contribution in [-0.2, 0) is 0 Å². The quantitative estimate of drug-likeness (QED) is 0.444. The van der Waals surface area contributed by atoms with E-state index in [4.69, 9.17) is 5.11 Å². The fourth-order valence-corrected chi connectivity index (χ4v) is 0. The second-order valence-corrected chi connectivity index (χ2v) is 0.724. The third-order valence-electron chi connectivity index (χ3n) is 0.224. The summed E-state index contributed by atoms with van der Waals surface area (Å²) in [4.78, 5) is 0. The smallest absolute Gasteiger partial charge is 0.0428 e. The second kappa shape index (κ2) is 8.83. The van der Waals surface area contributed by atoms with Crippen molar-refractivity contribution in [2.45, 2.75) is 13.3 Å². The highest BCUT2D eigenvalue weighted by Crippen LogP contribution is 1.61. The van der Waals surface area contributed by atoms with Crippen molar-refractivity contribution in [3.8, 4) is 0 Å². The van der Waals surface area contributed by atoms with Gasteiger partial charge in [0.25, 0.3) is 0 Å². The van der Waals surface area contributed by atoms with Crippen LogP contribution in [0.5, 0.6) is 0 Å². The Hall–Kier alpha value is 0.726. The van der Waals surface area contributed by atoms with Gasteiger partial charge in [0.2, 0.25) is 0 Å². The molecule has 5 heavy (non-hydrogen) atoms. The zero-order chi connectivity index (χ0) is 3.41. The highest BCUT2D eigenvalue weighted by molar-refractivity contribution is 5.75. The molecule has 0 aliphatic carbocycles. The van der Waals surface area contributed by atoms with Crippen LogP contribution in [0.15, 0.2) is 0 Å². The molecule has 0 aliphatic heterocycles. The van der Waals surface area contributed by atoms with Crippen molar-refractivity contribution in [1.82, 2.24) is 0 Å². The molecule has 0 unspecified atom stereocenters. The van der Waals surface area contributed by atoms with E-state index in [9.17, 15) is 0 Å². The third-order valence-corrected chi connectivity index (χ3v) is 0.224. The van der Waals surface area contributed by atoms with E-state index in [1.165, 1.54) is 0 Å². The number of hydrogen-bond donors (Lipinski definition) is 1. The number of aliphatic hydroxyl groups excluding tert-OH is 1. The van der Waals surface area contributed by atoms with Gasteiger partial charge in [-0.15, -0.1) is 0 Å². The summed E-state index contributed by atoms with van der Waals surface area (Å²) < 4.78 is 0. The van der Waals surface area contributed by atoms with Gasteiger partial charge in [0.1, 0.15) is 0 Å². The Labute approximate surface area is 48.5 Å². The Morgan fingerprint density at radius 3 is 1.80 bits per heavy atom. The van der Waals surface area contributed by atoms with Crippen molar-refractivity contribution in [2.24, 2.45) is 0 Å². The minimum absolute atomic E-state index is 0. The first kappa shape index (κ1) is 9.21. The molecule has 28 valence electrons. The molecule has 0 spiro atoms. The largest absolute Gasteiger partial charge is 0.396 e. The van der Waals surface area contributed by atoms with E-state index in [0.717, 1.165) is 6.42 Å². The molecule has 0 saturated heterocycles. The average Bonchev–Trinajstić information content (AvgIpc) is 1.37. The van der Waals surface area contributed by atoms with Crippen LogP contribution in [-0.4, -0.2) is 34.8 Å². The first-order valence-corrected chi connectivity index (χ1v) is 1.52. The fourth-order valence-electron chi connectivity index (χ4n) is 0. The predicted molar refractivity (Wildman–Crippen MR) is 23.1 cm³/mol. The first-order valence-electron chi connectivity index (χ1n) is 1.52. The molecule has 0 atom stereocenters. The lowest BCUT2D eigenvalue weighted by Crippen LogP contribution is -1.69. The molecular formula is C3H8MgO. The Morgan fingerprint density at radius 2 is 1.80 bits per heavy atom. The minimum atomic E-state index is 0. The average molecular weight is 84.4 g/mol. The van der Waals surface area contributed by atoms with Crippen molar-refractivity contribution in [1.29, 1.82) is 0 Å². The van der Waals surface area contributed by atoms with E-state index in [0.29, 0.717) is 6.61 Å². The molecule has 0 saturated carbocycles. The van der Waals surface area contributed by atoms with Gasteiger partial charge < -0.3 is 5.11 Å². The zero-order valence-electron chi connectivity index (χ0n) is 3.57. The predicted octanol–water partition coefficient (Wildman–Crippen LogP) is 0.00790. The number of aliphatic hydroxyl groups is 1. The molecule has 1 N–H and O–H groups in total. The molecule has 0 aliphatic rings. The highest BCUT2D eigenvalue weighted by Gasteiger charge is 1.57. The van der Waals surface area contributed by atoms with Crippen molar-refractivity contribution in [2.75, 3.05) is 6.61 Å². The zero-order valence-corrected chi connectivity index (χ0v) is 4.98. The molecule has 0 fully saturated rings. The van der Waals surface area contributed by atoms with Crippen LogP contribution in [0, 0.1) is 0 Å². The maximum Gasteiger partial charge on any atom is 0.0428 e. The van der Waals surface area contributed by atoms with Gasteiger partial charge in [-0.05, 0) is 6.42 Å². The van der Waals surface area contributed by atoms with Crippen molar-refractivity contribution >= 4 is 23.1 Å². The van der Waals surface area contributed by atoms with Gasteiger partial charge in [0.15, 0.2) is 0 Å². The van der Waals surface area contributed by atoms with Crippen LogP contribution in [0.1, 0.15) is 13.3 Å². The van der Waals surface area contributed by atoms with Gasteiger partial charge in [0, 0.05) is 29.7 Å². The maximum atomic E-state index is 7.88. The van der Waals surface area contributed by atoms with Crippen molar-refractivity contribution in [3.63, 3.8) is 0 Å². The van der Waals surface area contributed by atoms with Gasteiger partial charge in [-0.1, -0.05) is 6.92 Å². The number of rotatable bonds is 1.